The quantitative estimate of drug-likeness (QED) is 0.00905. The predicted octanol–water partition coefficient (Wildman–Crippen LogP) is 6.01. The van der Waals surface area contributed by atoms with Crippen LogP contribution in [0.3, 0.4) is 0 Å². The van der Waals surface area contributed by atoms with Gasteiger partial charge in [0.1, 0.15) is 78.6 Å². The summed E-state index contributed by atoms with van der Waals surface area (Å²) in [5.74, 6) is -12.8. The zero-order valence-electron chi connectivity index (χ0n) is 73.3. The minimum atomic E-state index is -1.62. The summed E-state index contributed by atoms with van der Waals surface area (Å²) in [6.07, 6.45) is -1.17. The summed E-state index contributed by atoms with van der Waals surface area (Å²) in [7, 11) is 1.90. The zero-order valence-corrected chi connectivity index (χ0v) is 77.1. The second-order valence-corrected chi connectivity index (χ2v) is 36.3. The Morgan fingerprint density at radius 1 is 0.614 bits per heavy atom. The van der Waals surface area contributed by atoms with E-state index in [1.807, 2.05) is 140 Å². The monoisotopic (exact) mass is 1900 g/mol. The molecule has 2 fully saturated rings. The molecule has 12 atom stereocenters. The first-order chi connectivity index (χ1) is 60.8. The maximum atomic E-state index is 15.7. The van der Waals surface area contributed by atoms with Crippen molar-refractivity contribution in [2.24, 2.45) is 23.5 Å². The Bertz CT molecular complexity index is 4620. The number of Topliss-reactive ketones (excluding diaryl/α,β-unsaturated/α-hetero) is 1. The number of aryl methyl sites for hydroxylation is 2. The molecule has 0 saturated carbocycles. The number of nitrogens with two attached hydrogens (primary N) is 1. The van der Waals surface area contributed by atoms with Crippen LogP contribution in [0.2, 0.25) is 0 Å². The van der Waals surface area contributed by atoms with Crippen molar-refractivity contribution in [1.29, 1.82) is 0 Å². The van der Waals surface area contributed by atoms with Gasteiger partial charge in [0.05, 0.1) is 35.8 Å². The van der Waals surface area contributed by atoms with E-state index in [9.17, 15) is 38.7 Å². The number of phenols is 1. The van der Waals surface area contributed by atoms with Crippen molar-refractivity contribution >= 4 is 127 Å². The molecule has 0 bridgehead atoms. The Morgan fingerprint density at radius 2 is 1.17 bits per heavy atom. The van der Waals surface area contributed by atoms with E-state index >= 15 is 33.6 Å². The molecule has 0 spiro atoms. The third-order valence-corrected chi connectivity index (χ3v) is 25.0. The number of carbonyl (C=O) groups excluding carboxylic acids is 14. The van der Waals surface area contributed by atoms with Crippen LogP contribution >= 0.6 is 44.2 Å². The number of rotatable bonds is 40. The molecule has 684 valence electrons. The molecule has 0 radical (unpaired) electrons. The van der Waals surface area contributed by atoms with Gasteiger partial charge in [0, 0.05) is 56.8 Å². The van der Waals surface area contributed by atoms with Crippen LogP contribution in [0.15, 0.2) is 158 Å². The van der Waals surface area contributed by atoms with Crippen molar-refractivity contribution in [1.82, 2.24) is 63.4 Å². The SMILES string of the molecule is CCNC(=O)[C@H](CCC(=O)[N-]C(c1ccccc1)(c1ccccc1)c1ccccc1)NC(=O)[C@@H](NC(=O)[C@H](Cc1ccc(C)cc1)NC(=O)[C@@H]1CSSC[C@H](NC(=O)[C@@H](CCC(C)=O)NC(=O)[C@H](Cc2ccc(C)cc2)NC(=O)COCCOCCN)C(=O)N2C[C@H](C)C[C@H]2C(=O)N[C@@H](Cc2ccc(O)c(I)c2)C(=O)NCC(=O)N[C@@H](CC(C)C)C(=O)N1)C(C)CC. The van der Waals surface area contributed by atoms with E-state index in [0.29, 0.717) is 43.4 Å². The number of nitrogens with zero attached hydrogens (tertiary/aromatic N) is 2. The fourth-order valence-electron chi connectivity index (χ4n) is 14.7. The van der Waals surface area contributed by atoms with Gasteiger partial charge in [-0.15, -0.1) is 0 Å². The van der Waals surface area contributed by atoms with Gasteiger partial charge in [-0.1, -0.05) is 236 Å². The summed E-state index contributed by atoms with van der Waals surface area (Å²) in [5.41, 5.74) is 9.77. The molecule has 127 heavy (non-hydrogen) atoms. The number of benzene rings is 6. The molecule has 6 aromatic carbocycles. The molecule has 2 heterocycles. The number of aromatic hydroxyl groups is 1. The minimum Gasteiger partial charge on any atom is -0.637 e. The van der Waals surface area contributed by atoms with E-state index in [2.05, 4.69) is 58.5 Å². The van der Waals surface area contributed by atoms with Crippen LogP contribution in [0.4, 0.5) is 0 Å². The predicted molar refractivity (Wildman–Crippen MR) is 494 cm³/mol. The number of ketones is 1. The maximum Gasteiger partial charge on any atom is 0.246 e. The van der Waals surface area contributed by atoms with Crippen LogP contribution in [-0.4, -0.2) is 217 Å². The number of phenolic OH excluding ortho intramolecular Hbond substituents is 1. The van der Waals surface area contributed by atoms with Gasteiger partial charge in [0.25, 0.3) is 0 Å². The van der Waals surface area contributed by atoms with Crippen LogP contribution in [-0.2, 0) is 101 Å². The average molecular weight is 1900 g/mol. The number of halogens is 1. The molecule has 6 aromatic rings. The Hall–Kier alpha value is -10.8. The molecular weight excluding hydrogens is 1780 g/mol. The highest BCUT2D eigenvalue weighted by Crippen LogP contribution is 2.44. The van der Waals surface area contributed by atoms with Gasteiger partial charge in [0.2, 0.25) is 70.9 Å². The highest BCUT2D eigenvalue weighted by Gasteiger charge is 2.44. The van der Waals surface area contributed by atoms with Gasteiger partial charge in [0.15, 0.2) is 0 Å². The lowest BCUT2D eigenvalue weighted by Gasteiger charge is -2.48. The van der Waals surface area contributed by atoms with E-state index < -0.39 is 162 Å². The van der Waals surface area contributed by atoms with Crippen LogP contribution < -0.4 is 64.2 Å². The van der Waals surface area contributed by atoms with Crippen LogP contribution in [0.5, 0.6) is 5.75 Å². The first-order valence-corrected chi connectivity index (χ1v) is 46.5. The Balaban J connectivity index is 1.12. The van der Waals surface area contributed by atoms with Gasteiger partial charge in [-0.3, -0.25) is 57.5 Å². The number of hydrogen-bond donors (Lipinski definition) is 13. The molecule has 2 aliphatic rings. The number of fused-ring (bicyclic) bond motifs is 1. The molecule has 2 aliphatic heterocycles. The third kappa shape index (κ3) is 31.6. The first kappa shape index (κ1) is 102. The number of amides is 13. The normalized spacial score (nSPS) is 18.7. The van der Waals surface area contributed by atoms with E-state index in [4.69, 9.17) is 20.5 Å². The molecule has 34 heteroatoms. The van der Waals surface area contributed by atoms with Gasteiger partial charge in [-0.05, 0) is 135 Å². The number of hydrogen-bond acceptors (Lipinski definition) is 20. The van der Waals surface area contributed by atoms with Crippen molar-refractivity contribution < 1.29 is 81.7 Å². The van der Waals surface area contributed by atoms with Crippen LogP contribution in [0.1, 0.15) is 138 Å². The lowest BCUT2D eigenvalue weighted by molar-refractivity contribution is -0.142. The first-order valence-electron chi connectivity index (χ1n) is 43.0. The van der Waals surface area contributed by atoms with Crippen LogP contribution in [0, 0.1) is 35.2 Å². The molecular formula is C93H120IN14O17S2-. The second-order valence-electron chi connectivity index (χ2n) is 32.6. The fraction of sp³-hybridized carbons (Fsp3) is 0.462. The Kier molecular flexibility index (Phi) is 41.0. The van der Waals surface area contributed by atoms with Gasteiger partial charge < -0.3 is 98.6 Å². The van der Waals surface area contributed by atoms with E-state index in [-0.39, 0.29) is 132 Å². The summed E-state index contributed by atoms with van der Waals surface area (Å²) in [6, 6.07) is 32.4. The molecule has 0 aromatic heterocycles. The Labute approximate surface area is 763 Å². The van der Waals surface area contributed by atoms with Crippen molar-refractivity contribution in [3.05, 3.63) is 211 Å². The summed E-state index contributed by atoms with van der Waals surface area (Å²) in [5, 5.41) is 45.9. The molecule has 8 rings (SSSR count). The van der Waals surface area contributed by atoms with Crippen molar-refractivity contribution in [2.75, 3.05) is 64.1 Å². The molecule has 31 nitrogen and oxygen atoms in total. The van der Waals surface area contributed by atoms with Crippen LogP contribution in [0.25, 0.3) is 5.32 Å². The molecule has 2 saturated heterocycles. The second kappa shape index (κ2) is 51.3. The van der Waals surface area contributed by atoms with E-state index in [1.165, 1.54) is 17.9 Å². The fourth-order valence-corrected chi connectivity index (χ4v) is 17.6. The summed E-state index contributed by atoms with van der Waals surface area (Å²) >= 11 is 1.91. The lowest BCUT2D eigenvalue weighted by Crippen LogP contribution is -2.61. The summed E-state index contributed by atoms with van der Waals surface area (Å²) in [6.45, 7) is 15.2. The van der Waals surface area contributed by atoms with E-state index in [1.54, 1.807) is 90.1 Å². The topological polar surface area (TPSA) is 453 Å². The number of nitrogens with one attached hydrogen (secondary N) is 11. The van der Waals surface area contributed by atoms with E-state index in [0.717, 1.165) is 32.7 Å². The van der Waals surface area contributed by atoms with Crippen molar-refractivity contribution in [3.8, 4) is 5.75 Å². The van der Waals surface area contributed by atoms with Gasteiger partial charge >= 0.3 is 0 Å². The molecule has 0 aliphatic carbocycles. The number of likely N-dealkylation sites (N-methyl/N-ethyl adjacent to an activating group) is 1. The minimum absolute atomic E-state index is 0.0152. The van der Waals surface area contributed by atoms with Crippen molar-refractivity contribution in [3.63, 3.8) is 0 Å². The highest BCUT2D eigenvalue weighted by atomic mass is 127. The maximum absolute atomic E-state index is 15.7. The molecule has 13 amide bonds. The smallest absolute Gasteiger partial charge is 0.246 e. The average Bonchev–Trinajstić information content (AvgIpc) is 1.29. The Morgan fingerprint density at radius 3 is 1.73 bits per heavy atom. The zero-order chi connectivity index (χ0) is 92.3. The largest absolute Gasteiger partial charge is 0.637 e. The van der Waals surface area contributed by atoms with Crippen molar-refractivity contribution in [2.45, 2.75) is 192 Å². The summed E-state index contributed by atoms with van der Waals surface area (Å²) < 4.78 is 11.3. The molecule has 1 unspecified atom stereocenters. The highest BCUT2D eigenvalue weighted by molar-refractivity contribution is 14.1. The number of ether oxygens (including phenoxy) is 2. The lowest BCUT2D eigenvalue weighted by atomic mass is 9.77. The standard InChI is InChI=1S/C93H121IN14O17S2/c1-10-60(8)82(91(122)101-69(83(114)96-11-2)38-40-79(111)107-93(65-21-15-12-16-22-65,66-23-17-13-18-24-66)67-25-19-14-20-26-67)106-88(119)74(49-63-34-29-58(6)30-35-63)102-89(120)75-54-126-127-55-76(105-85(116)70(37-31-61(9)109)100-87(118)73(48-62-32-27-57(5)28-33-62)99-81(113)53-125-44-43-124-42-41-95)92(123)108-52-59(7)46-77(108)90(121)103-72(50-64-36-39-78(110)68(94)47-64)84(115)97-51-80(112)98-71(45-56(3)4)86(117)104-75/h12-30,32-36,39,47,56,59-60,69-77,82H,10-11,31,37-38,40-46,48-55,95H2,1-9H3,(H13,96,97,98,99,100,101,102,103,104,105,106,107,110,111,112,113,114,115,116,117,118,119,120,121,122)/p-1/t59-,60?,69+,70-,71+,72+,73+,74+,75+,76+,77+,82+/m1/s1. The third-order valence-electron chi connectivity index (χ3n) is 21.7. The summed E-state index contributed by atoms with van der Waals surface area (Å²) in [4.78, 5) is 207. The number of carbonyl (C=O) groups is 14. The van der Waals surface area contributed by atoms with Gasteiger partial charge in [-0.2, -0.15) is 0 Å². The van der Waals surface area contributed by atoms with Gasteiger partial charge in [-0.25, -0.2) is 0 Å². The molecule has 14 N–H and O–H groups in total.